The highest BCUT2D eigenvalue weighted by atomic mass is 16.1. The number of fused-ring (bicyclic) bond motifs is 1. The summed E-state index contributed by atoms with van der Waals surface area (Å²) in [7, 11) is 1.74. The molecule has 3 heteroatoms. The van der Waals surface area contributed by atoms with Crippen molar-refractivity contribution in [3.8, 4) is 0 Å². The van der Waals surface area contributed by atoms with Crippen LogP contribution in [0.5, 0.6) is 0 Å². The van der Waals surface area contributed by atoms with E-state index in [0.29, 0.717) is 11.1 Å². The molecule has 0 aliphatic rings. The average molecular weight is 188 g/mol. The molecule has 0 radical (unpaired) electrons. The number of hydrogen-bond donors (Lipinski definition) is 1. The molecule has 2 N–H and O–H groups in total. The molecule has 2 rings (SSSR count). The lowest BCUT2D eigenvalue weighted by atomic mass is 10.1. The number of rotatable bonds is 0. The van der Waals surface area contributed by atoms with Crippen molar-refractivity contribution in [2.75, 3.05) is 5.73 Å². The van der Waals surface area contributed by atoms with E-state index in [-0.39, 0.29) is 5.56 Å². The highest BCUT2D eigenvalue weighted by Gasteiger charge is 2.07. The Labute approximate surface area is 81.8 Å². The summed E-state index contributed by atoms with van der Waals surface area (Å²) in [4.78, 5) is 11.8. The van der Waals surface area contributed by atoms with Crippen molar-refractivity contribution in [3.05, 3.63) is 40.3 Å². The molecule has 1 aromatic carbocycles. The third kappa shape index (κ3) is 1.02. The molecular weight excluding hydrogens is 176 g/mol. The quantitative estimate of drug-likeness (QED) is 0.679. The van der Waals surface area contributed by atoms with Gasteiger partial charge >= 0.3 is 0 Å². The molecule has 3 nitrogen and oxygen atoms in total. The van der Waals surface area contributed by atoms with Crippen LogP contribution >= 0.6 is 0 Å². The number of nitrogens with two attached hydrogens (primary N) is 1. The fourth-order valence-electron chi connectivity index (χ4n) is 1.61. The van der Waals surface area contributed by atoms with Gasteiger partial charge in [-0.05, 0) is 13.0 Å². The van der Waals surface area contributed by atoms with Crippen molar-refractivity contribution < 1.29 is 0 Å². The van der Waals surface area contributed by atoms with Crippen molar-refractivity contribution in [1.29, 1.82) is 0 Å². The lowest BCUT2D eigenvalue weighted by Crippen LogP contribution is -2.20. The van der Waals surface area contributed by atoms with Gasteiger partial charge in [0, 0.05) is 23.5 Å². The molecule has 0 spiro atoms. The molecular formula is C11H12N2O. The Morgan fingerprint density at radius 2 is 1.79 bits per heavy atom. The second-order valence-corrected chi connectivity index (χ2v) is 3.41. The molecule has 72 valence electrons. The lowest BCUT2D eigenvalue weighted by Gasteiger charge is -2.09. The van der Waals surface area contributed by atoms with Crippen LogP contribution < -0.4 is 11.3 Å². The fourth-order valence-corrected chi connectivity index (χ4v) is 1.61. The summed E-state index contributed by atoms with van der Waals surface area (Å²) in [5.41, 5.74) is 7.43. The lowest BCUT2D eigenvalue weighted by molar-refractivity contribution is 0.833. The average Bonchev–Trinajstić information content (AvgIpc) is 2.23. The Bertz CT molecular complexity index is 555. The molecule has 1 heterocycles. The van der Waals surface area contributed by atoms with Gasteiger partial charge in [0.2, 0.25) is 0 Å². The first-order valence-corrected chi connectivity index (χ1v) is 4.46. The number of benzene rings is 1. The van der Waals surface area contributed by atoms with Crippen molar-refractivity contribution in [3.63, 3.8) is 0 Å². The van der Waals surface area contributed by atoms with Crippen LogP contribution in [0.4, 0.5) is 5.69 Å². The van der Waals surface area contributed by atoms with E-state index in [4.69, 9.17) is 5.73 Å². The zero-order valence-electron chi connectivity index (χ0n) is 8.24. The first-order valence-electron chi connectivity index (χ1n) is 4.46. The largest absolute Gasteiger partial charge is 0.397 e. The minimum atomic E-state index is 0.00676. The maximum Gasteiger partial charge on any atom is 0.258 e. The van der Waals surface area contributed by atoms with E-state index in [0.717, 1.165) is 11.1 Å². The van der Waals surface area contributed by atoms with E-state index >= 15 is 0 Å². The first-order chi connectivity index (χ1) is 6.63. The second-order valence-electron chi connectivity index (χ2n) is 3.41. The predicted molar refractivity (Wildman–Crippen MR) is 58.3 cm³/mol. The molecule has 1 aromatic heterocycles. The third-order valence-corrected chi connectivity index (χ3v) is 2.65. The van der Waals surface area contributed by atoms with Gasteiger partial charge in [-0.1, -0.05) is 18.2 Å². The van der Waals surface area contributed by atoms with E-state index in [1.165, 1.54) is 0 Å². The van der Waals surface area contributed by atoms with Crippen molar-refractivity contribution in [1.82, 2.24) is 4.57 Å². The summed E-state index contributed by atoms with van der Waals surface area (Å²) in [6, 6.07) is 7.41. The summed E-state index contributed by atoms with van der Waals surface area (Å²) in [5.74, 6) is 0. The van der Waals surface area contributed by atoms with E-state index < -0.39 is 0 Å². The van der Waals surface area contributed by atoms with E-state index in [1.807, 2.05) is 25.1 Å². The third-order valence-electron chi connectivity index (χ3n) is 2.65. The SMILES string of the molecule is Cc1c(N)c2ccccc2c(=O)n1C. The minimum absolute atomic E-state index is 0.00676. The number of anilines is 1. The van der Waals surface area contributed by atoms with Gasteiger partial charge in [-0.25, -0.2) is 0 Å². The van der Waals surface area contributed by atoms with Gasteiger partial charge in [-0.15, -0.1) is 0 Å². The molecule has 0 bridgehead atoms. The number of nitrogens with zero attached hydrogens (tertiary/aromatic N) is 1. The van der Waals surface area contributed by atoms with Crippen molar-refractivity contribution in [2.45, 2.75) is 6.92 Å². The summed E-state index contributed by atoms with van der Waals surface area (Å²) < 4.78 is 1.58. The number of aromatic nitrogens is 1. The van der Waals surface area contributed by atoms with Gasteiger partial charge in [0.1, 0.15) is 0 Å². The molecule has 0 aliphatic heterocycles. The van der Waals surface area contributed by atoms with Crippen LogP contribution in [0, 0.1) is 6.92 Å². The summed E-state index contributed by atoms with van der Waals surface area (Å²) >= 11 is 0. The maximum absolute atomic E-state index is 11.8. The van der Waals surface area contributed by atoms with Gasteiger partial charge in [-0.2, -0.15) is 0 Å². The summed E-state index contributed by atoms with van der Waals surface area (Å²) in [6.07, 6.45) is 0. The Hall–Kier alpha value is -1.77. The number of nitrogen functional groups attached to an aromatic ring is 1. The second kappa shape index (κ2) is 2.87. The smallest absolute Gasteiger partial charge is 0.258 e. The molecule has 0 saturated carbocycles. The van der Waals surface area contributed by atoms with Crippen LogP contribution in [0.3, 0.4) is 0 Å². The monoisotopic (exact) mass is 188 g/mol. The van der Waals surface area contributed by atoms with E-state index in [2.05, 4.69) is 0 Å². The molecule has 14 heavy (non-hydrogen) atoms. The van der Waals surface area contributed by atoms with Gasteiger partial charge in [-0.3, -0.25) is 4.79 Å². The van der Waals surface area contributed by atoms with Gasteiger partial charge < -0.3 is 10.3 Å². The summed E-state index contributed by atoms with van der Waals surface area (Å²) in [6.45, 7) is 1.85. The van der Waals surface area contributed by atoms with Crippen molar-refractivity contribution in [2.24, 2.45) is 7.05 Å². The molecule has 0 fully saturated rings. The highest BCUT2D eigenvalue weighted by Crippen LogP contribution is 2.20. The maximum atomic E-state index is 11.8. The molecule has 0 unspecified atom stereocenters. The zero-order chi connectivity index (χ0) is 10.3. The first kappa shape index (κ1) is 8.81. The predicted octanol–water partition coefficient (Wildman–Crippen LogP) is 1.43. The van der Waals surface area contributed by atoms with Crippen LogP contribution in [0.15, 0.2) is 29.1 Å². The molecule has 2 aromatic rings. The van der Waals surface area contributed by atoms with Gasteiger partial charge in [0.15, 0.2) is 0 Å². The van der Waals surface area contributed by atoms with Crippen LogP contribution in [0.2, 0.25) is 0 Å². The zero-order valence-corrected chi connectivity index (χ0v) is 8.24. The minimum Gasteiger partial charge on any atom is -0.397 e. The number of pyridine rings is 1. The summed E-state index contributed by atoms with van der Waals surface area (Å²) in [5, 5.41) is 1.52. The van der Waals surface area contributed by atoms with Crippen LogP contribution in [-0.4, -0.2) is 4.57 Å². The molecule has 0 amide bonds. The molecule has 0 aliphatic carbocycles. The van der Waals surface area contributed by atoms with Crippen LogP contribution in [0.1, 0.15) is 5.69 Å². The van der Waals surface area contributed by atoms with Gasteiger partial charge in [0.05, 0.1) is 5.69 Å². The highest BCUT2D eigenvalue weighted by molar-refractivity contribution is 5.93. The Kier molecular flexibility index (Phi) is 1.81. The Morgan fingerprint density at radius 3 is 2.43 bits per heavy atom. The number of hydrogen-bond acceptors (Lipinski definition) is 2. The van der Waals surface area contributed by atoms with Gasteiger partial charge in [0.25, 0.3) is 5.56 Å². The van der Waals surface area contributed by atoms with Crippen LogP contribution in [0.25, 0.3) is 10.8 Å². The normalized spacial score (nSPS) is 10.7. The topological polar surface area (TPSA) is 48.0 Å². The Balaban J connectivity index is 3.10. The standard InChI is InChI=1S/C11H12N2O/c1-7-10(12)8-5-3-4-6-9(8)11(14)13(7)2/h3-6H,12H2,1-2H3. The van der Waals surface area contributed by atoms with Crippen molar-refractivity contribution >= 4 is 16.5 Å². The van der Waals surface area contributed by atoms with E-state index in [1.54, 1.807) is 17.7 Å². The van der Waals surface area contributed by atoms with E-state index in [9.17, 15) is 4.79 Å². The van der Waals surface area contributed by atoms with Crippen LogP contribution in [-0.2, 0) is 7.05 Å². The molecule has 0 saturated heterocycles. The Morgan fingerprint density at radius 1 is 1.21 bits per heavy atom. The fraction of sp³-hybridized carbons (Fsp3) is 0.182. The molecule has 0 atom stereocenters.